The monoisotopic (exact) mass is 578 g/mol. The van der Waals surface area contributed by atoms with Gasteiger partial charge in [0.15, 0.2) is 0 Å². The summed E-state index contributed by atoms with van der Waals surface area (Å²) in [7, 11) is 1.70. The van der Waals surface area contributed by atoms with Crippen LogP contribution in [0.5, 0.6) is 0 Å². The molecule has 0 saturated heterocycles. The van der Waals surface area contributed by atoms with Gasteiger partial charge >= 0.3 is 0 Å². The van der Waals surface area contributed by atoms with Gasteiger partial charge < -0.3 is 31.2 Å². The Bertz CT molecular complexity index is 1720. The molecule has 6 N–H and O–H groups in total. The van der Waals surface area contributed by atoms with Crippen molar-refractivity contribution in [3.05, 3.63) is 108 Å². The second-order valence-electron chi connectivity index (χ2n) is 11.3. The standard InChI is InChI=1S/C34H38N6O3/c1-34(2,35-3)33(43)38-29(18-23-20-36-27-15-9-7-13-25(23)27)32(42)40-30(39-31(41)17-22-11-5-4-6-12-22)19-24-21-37-28-16-10-8-14-26(24)28/h4-16,20-21,29-30,35-37H,17-19H2,1-3H3,(H,38,43)(H,39,41)(H,40,42)/t29-,30-/m1/s1. The fourth-order valence-electron chi connectivity index (χ4n) is 5.14. The van der Waals surface area contributed by atoms with Crippen molar-refractivity contribution in [2.24, 2.45) is 0 Å². The van der Waals surface area contributed by atoms with Gasteiger partial charge in [0.2, 0.25) is 17.7 Å². The van der Waals surface area contributed by atoms with Crippen LogP contribution >= 0.6 is 0 Å². The Morgan fingerprint density at radius 1 is 0.721 bits per heavy atom. The van der Waals surface area contributed by atoms with Crippen LogP contribution in [0.1, 0.15) is 30.5 Å². The van der Waals surface area contributed by atoms with Crippen molar-refractivity contribution in [1.82, 2.24) is 31.2 Å². The highest BCUT2D eigenvalue weighted by Gasteiger charge is 2.32. The number of nitrogens with one attached hydrogen (secondary N) is 6. The number of aromatic nitrogens is 2. The van der Waals surface area contributed by atoms with E-state index >= 15 is 0 Å². The van der Waals surface area contributed by atoms with Crippen LogP contribution < -0.4 is 21.3 Å². The van der Waals surface area contributed by atoms with Gasteiger partial charge in [0, 0.05) is 47.0 Å². The van der Waals surface area contributed by atoms with Gasteiger partial charge in [0.25, 0.3) is 0 Å². The van der Waals surface area contributed by atoms with Crippen LogP contribution in [0.25, 0.3) is 21.8 Å². The van der Waals surface area contributed by atoms with Gasteiger partial charge in [-0.25, -0.2) is 0 Å². The average Bonchev–Trinajstić information content (AvgIpc) is 3.61. The minimum atomic E-state index is -0.897. The Hall–Kier alpha value is -4.89. The number of hydrogen-bond donors (Lipinski definition) is 6. The van der Waals surface area contributed by atoms with Gasteiger partial charge in [-0.2, -0.15) is 0 Å². The van der Waals surface area contributed by atoms with Crippen LogP contribution in [0, 0.1) is 0 Å². The van der Waals surface area contributed by atoms with Crippen LogP contribution in [0.3, 0.4) is 0 Å². The number of hydrogen-bond acceptors (Lipinski definition) is 4. The maximum absolute atomic E-state index is 14.0. The van der Waals surface area contributed by atoms with Crippen molar-refractivity contribution in [1.29, 1.82) is 0 Å². The number of para-hydroxylation sites is 2. The van der Waals surface area contributed by atoms with Crippen LogP contribution in [0.4, 0.5) is 0 Å². The molecule has 0 aliphatic carbocycles. The number of rotatable bonds is 12. The third-order valence-corrected chi connectivity index (χ3v) is 7.87. The van der Waals surface area contributed by atoms with E-state index < -0.39 is 23.7 Å². The third-order valence-electron chi connectivity index (χ3n) is 7.87. The molecule has 43 heavy (non-hydrogen) atoms. The highest BCUT2D eigenvalue weighted by atomic mass is 16.2. The summed E-state index contributed by atoms with van der Waals surface area (Å²) in [6.07, 6.45) is 3.83. The van der Waals surface area contributed by atoms with Gasteiger partial charge in [-0.3, -0.25) is 14.4 Å². The number of H-pyrrole nitrogens is 2. The maximum Gasteiger partial charge on any atom is 0.244 e. The summed E-state index contributed by atoms with van der Waals surface area (Å²) in [6, 6.07) is 24.3. The van der Waals surface area contributed by atoms with Gasteiger partial charge in [-0.15, -0.1) is 0 Å². The zero-order valence-corrected chi connectivity index (χ0v) is 24.7. The average molecular weight is 579 g/mol. The predicted molar refractivity (Wildman–Crippen MR) is 169 cm³/mol. The molecule has 5 rings (SSSR count). The summed E-state index contributed by atoms with van der Waals surface area (Å²) in [6.45, 7) is 3.51. The van der Waals surface area contributed by atoms with Crippen molar-refractivity contribution in [3.8, 4) is 0 Å². The summed E-state index contributed by atoms with van der Waals surface area (Å²) in [5.74, 6) is -0.920. The van der Waals surface area contributed by atoms with Crippen molar-refractivity contribution in [2.45, 2.75) is 50.9 Å². The van der Waals surface area contributed by atoms with E-state index in [9.17, 15) is 14.4 Å². The van der Waals surface area contributed by atoms with Gasteiger partial charge in [-0.05, 0) is 49.7 Å². The molecule has 2 heterocycles. The van der Waals surface area contributed by atoms with Crippen molar-refractivity contribution in [2.75, 3.05) is 7.05 Å². The molecule has 0 unspecified atom stereocenters. The molecule has 2 atom stereocenters. The summed E-state index contributed by atoms with van der Waals surface area (Å²) in [5.41, 5.74) is 3.75. The van der Waals surface area contributed by atoms with Gasteiger partial charge in [0.1, 0.15) is 12.2 Å². The first-order valence-electron chi connectivity index (χ1n) is 14.5. The first-order chi connectivity index (χ1) is 20.7. The molecule has 9 heteroatoms. The molecule has 0 bridgehead atoms. The molecule has 0 spiro atoms. The van der Waals surface area contributed by atoms with Crippen LogP contribution in [0.15, 0.2) is 91.3 Å². The SMILES string of the molecule is CNC(C)(C)C(=O)N[C@H](Cc1c[nH]c2ccccc12)C(=O)N[C@H](Cc1c[nH]c2ccccc12)NC(=O)Cc1ccccc1. The Morgan fingerprint density at radius 3 is 1.88 bits per heavy atom. The van der Waals surface area contributed by atoms with Crippen molar-refractivity contribution < 1.29 is 14.4 Å². The van der Waals surface area contributed by atoms with E-state index in [2.05, 4.69) is 31.2 Å². The number of amides is 3. The number of carbonyl (C=O) groups is 3. The van der Waals surface area contributed by atoms with E-state index in [0.29, 0.717) is 6.42 Å². The van der Waals surface area contributed by atoms with E-state index in [0.717, 1.165) is 38.5 Å². The molecule has 5 aromatic rings. The van der Waals surface area contributed by atoms with E-state index in [1.807, 2.05) is 91.3 Å². The molecule has 0 fully saturated rings. The molecule has 0 aliphatic heterocycles. The number of fused-ring (bicyclic) bond motifs is 2. The highest BCUT2D eigenvalue weighted by molar-refractivity contribution is 5.93. The Balaban J connectivity index is 1.41. The van der Waals surface area contributed by atoms with Crippen LogP contribution in [-0.4, -0.2) is 52.5 Å². The lowest BCUT2D eigenvalue weighted by atomic mass is 10.0. The topological polar surface area (TPSA) is 131 Å². The summed E-state index contributed by atoms with van der Waals surface area (Å²) < 4.78 is 0. The molecule has 9 nitrogen and oxygen atoms in total. The zero-order chi connectivity index (χ0) is 30.4. The molecule has 3 amide bonds. The fourth-order valence-corrected chi connectivity index (χ4v) is 5.14. The largest absolute Gasteiger partial charge is 0.361 e. The minimum Gasteiger partial charge on any atom is -0.361 e. The van der Waals surface area contributed by atoms with E-state index in [1.54, 1.807) is 20.9 Å². The number of likely N-dealkylation sites (N-methyl/N-ethyl adjacent to an activating group) is 1. The molecule has 3 aromatic carbocycles. The molecular weight excluding hydrogens is 540 g/mol. The first-order valence-corrected chi connectivity index (χ1v) is 14.5. The van der Waals surface area contributed by atoms with Crippen molar-refractivity contribution in [3.63, 3.8) is 0 Å². The summed E-state index contributed by atoms with van der Waals surface area (Å²) in [5, 5.41) is 14.0. The minimum absolute atomic E-state index is 0.174. The number of benzene rings is 3. The first kappa shape index (κ1) is 29.6. The molecule has 222 valence electrons. The highest BCUT2D eigenvalue weighted by Crippen LogP contribution is 2.21. The van der Waals surface area contributed by atoms with E-state index in [4.69, 9.17) is 0 Å². The lowest BCUT2D eigenvalue weighted by Crippen LogP contribution is -2.60. The smallest absolute Gasteiger partial charge is 0.244 e. The lowest BCUT2D eigenvalue weighted by molar-refractivity contribution is -0.132. The van der Waals surface area contributed by atoms with Gasteiger partial charge in [0.05, 0.1) is 12.0 Å². The fraction of sp³-hybridized carbons (Fsp3) is 0.265. The zero-order valence-electron chi connectivity index (χ0n) is 24.7. The van der Waals surface area contributed by atoms with E-state index in [1.165, 1.54) is 0 Å². The second-order valence-corrected chi connectivity index (χ2v) is 11.3. The maximum atomic E-state index is 14.0. The molecule has 2 aromatic heterocycles. The van der Waals surface area contributed by atoms with Crippen LogP contribution in [-0.2, 0) is 33.6 Å². The Morgan fingerprint density at radius 2 is 1.28 bits per heavy atom. The normalized spacial score (nSPS) is 13.0. The predicted octanol–water partition coefficient (Wildman–Crippen LogP) is 3.72. The number of carbonyl (C=O) groups excluding carboxylic acids is 3. The molecule has 0 saturated carbocycles. The Kier molecular flexibility index (Phi) is 8.92. The number of aromatic amines is 2. The summed E-state index contributed by atoms with van der Waals surface area (Å²) in [4.78, 5) is 46.9. The van der Waals surface area contributed by atoms with Gasteiger partial charge in [-0.1, -0.05) is 66.7 Å². The molecule has 0 radical (unpaired) electrons. The van der Waals surface area contributed by atoms with Crippen LogP contribution in [0.2, 0.25) is 0 Å². The van der Waals surface area contributed by atoms with Crippen molar-refractivity contribution >= 4 is 39.5 Å². The third kappa shape index (κ3) is 7.13. The second kappa shape index (κ2) is 13.0. The van der Waals surface area contributed by atoms with E-state index in [-0.39, 0.29) is 24.7 Å². The quantitative estimate of drug-likeness (QED) is 0.126. The lowest BCUT2D eigenvalue weighted by Gasteiger charge is -2.28. The summed E-state index contributed by atoms with van der Waals surface area (Å²) >= 11 is 0. The molecular formula is C34H38N6O3. The molecule has 0 aliphatic rings. The Labute approximate surface area is 250 Å².